The fourth-order valence-corrected chi connectivity index (χ4v) is 5.40. The van der Waals surface area contributed by atoms with E-state index in [2.05, 4.69) is 16.0 Å². The molecule has 1 saturated heterocycles. The Balaban J connectivity index is 1.79. The Bertz CT molecular complexity index is 869. The van der Waals surface area contributed by atoms with Crippen LogP contribution in [0.4, 0.5) is 0 Å². The molecule has 16 heteroatoms. The summed E-state index contributed by atoms with van der Waals surface area (Å²) < 4.78 is 23.8. The van der Waals surface area contributed by atoms with E-state index < -0.39 is 78.8 Å². The molecule has 15 N–H and O–H groups in total. The summed E-state index contributed by atoms with van der Waals surface area (Å²) in [6, 6.07) is -3.06. The van der Waals surface area contributed by atoms with Gasteiger partial charge in [-0.2, -0.15) is 0 Å². The zero-order valence-electron chi connectivity index (χ0n) is 23.7. The summed E-state index contributed by atoms with van der Waals surface area (Å²) >= 11 is 0. The third-order valence-electron chi connectivity index (χ3n) is 7.67. The third-order valence-corrected chi connectivity index (χ3v) is 7.67. The van der Waals surface area contributed by atoms with Gasteiger partial charge in [-0.15, -0.1) is 0 Å². The van der Waals surface area contributed by atoms with Crippen LogP contribution in [0.3, 0.4) is 0 Å². The van der Waals surface area contributed by atoms with Gasteiger partial charge in [-0.25, -0.2) is 0 Å². The largest absolute Gasteiger partial charge is 0.467 e. The lowest BCUT2D eigenvalue weighted by molar-refractivity contribution is -0.304. The molecular weight excluding hydrogens is 542 g/mol. The lowest BCUT2D eigenvalue weighted by Gasteiger charge is -2.48. The van der Waals surface area contributed by atoms with Gasteiger partial charge in [0.1, 0.15) is 41.9 Å². The molecule has 2 heterocycles. The first-order chi connectivity index (χ1) is 19.4. The zero-order valence-corrected chi connectivity index (χ0v) is 23.7. The van der Waals surface area contributed by atoms with Crippen molar-refractivity contribution in [2.45, 2.75) is 99.1 Å². The molecule has 0 bridgehead atoms. The van der Waals surface area contributed by atoms with Crippen LogP contribution in [0, 0.1) is 0 Å². The van der Waals surface area contributed by atoms with Crippen molar-refractivity contribution >= 4 is 5.91 Å². The highest BCUT2D eigenvalue weighted by Gasteiger charge is 2.51. The molecule has 0 aromatic carbocycles. The standard InChI is InChI=1S/C25H49N7O9/c1-25(37)11-38-24(18(35)21(25)30-2)41-20-15(32-22(36)16(33)5-6-26)9-14(29)19(17(20)34)40-23-13(28)4-3-12(39-23)10-31-8-7-27/h3,13-21,23-24,30-31,33-35,37H,4-11,26-29H2,1-2H3,(H,32,36)/t13-,14+,15-,16+,17+,18-,19-,20+,21-,23-,24-,25+/m1/s1. The number of carbonyl (C=O) groups excluding carboxylic acids is 1. The van der Waals surface area contributed by atoms with Crippen molar-refractivity contribution in [1.82, 2.24) is 16.0 Å². The van der Waals surface area contributed by atoms with Gasteiger partial charge in [0.15, 0.2) is 6.29 Å². The van der Waals surface area contributed by atoms with Gasteiger partial charge >= 0.3 is 0 Å². The van der Waals surface area contributed by atoms with Crippen LogP contribution in [0.15, 0.2) is 11.8 Å². The van der Waals surface area contributed by atoms with E-state index in [-0.39, 0.29) is 26.0 Å². The number of nitrogens with two attached hydrogens (primary N) is 4. The number of ether oxygens (including phenoxy) is 4. The molecule has 1 saturated carbocycles. The second-order valence-corrected chi connectivity index (χ2v) is 11.1. The van der Waals surface area contributed by atoms with Crippen molar-refractivity contribution < 1.29 is 44.2 Å². The van der Waals surface area contributed by atoms with E-state index in [1.807, 2.05) is 6.08 Å². The van der Waals surface area contributed by atoms with E-state index >= 15 is 0 Å². The van der Waals surface area contributed by atoms with E-state index in [0.717, 1.165) is 0 Å². The number of nitrogens with one attached hydrogen (secondary N) is 3. The van der Waals surface area contributed by atoms with Crippen molar-refractivity contribution in [3.8, 4) is 0 Å². The number of aliphatic hydroxyl groups excluding tert-OH is 3. The van der Waals surface area contributed by atoms with Gasteiger partial charge in [-0.3, -0.25) is 4.79 Å². The third kappa shape index (κ3) is 8.54. The molecule has 3 rings (SSSR count). The fourth-order valence-electron chi connectivity index (χ4n) is 5.40. The second-order valence-electron chi connectivity index (χ2n) is 11.1. The van der Waals surface area contributed by atoms with E-state index in [4.69, 9.17) is 41.9 Å². The summed E-state index contributed by atoms with van der Waals surface area (Å²) in [7, 11) is 1.58. The number of aliphatic hydroxyl groups is 4. The highest BCUT2D eigenvalue weighted by molar-refractivity contribution is 5.80. The molecule has 0 unspecified atom stereocenters. The molecule has 1 amide bonds. The molecule has 1 aliphatic carbocycles. The molecule has 0 radical (unpaired) electrons. The van der Waals surface area contributed by atoms with Crippen molar-refractivity contribution in [1.29, 1.82) is 0 Å². The molecular formula is C25H49N7O9. The number of hydrogen-bond donors (Lipinski definition) is 11. The minimum Gasteiger partial charge on any atom is -0.467 e. The van der Waals surface area contributed by atoms with Gasteiger partial charge in [0, 0.05) is 19.1 Å². The van der Waals surface area contributed by atoms with Gasteiger partial charge in [-0.05, 0) is 45.9 Å². The van der Waals surface area contributed by atoms with Crippen LogP contribution in [-0.4, -0.2) is 139 Å². The number of rotatable bonds is 13. The average Bonchev–Trinajstić information content (AvgIpc) is 2.91. The summed E-state index contributed by atoms with van der Waals surface area (Å²) in [6.07, 6.45) is -6.20. The van der Waals surface area contributed by atoms with Gasteiger partial charge in [-0.1, -0.05) is 0 Å². The van der Waals surface area contributed by atoms with Gasteiger partial charge in [0.05, 0.1) is 31.3 Å². The Morgan fingerprint density at radius 3 is 2.51 bits per heavy atom. The van der Waals surface area contributed by atoms with Crippen LogP contribution in [0.25, 0.3) is 0 Å². The molecule has 0 aromatic heterocycles. The summed E-state index contributed by atoms with van der Waals surface area (Å²) in [6.45, 7) is 2.90. The minimum absolute atomic E-state index is 0.0285. The Morgan fingerprint density at radius 1 is 1.15 bits per heavy atom. The van der Waals surface area contributed by atoms with E-state index in [0.29, 0.717) is 31.8 Å². The minimum atomic E-state index is -1.44. The second kappa shape index (κ2) is 15.3. The fraction of sp³-hybridized carbons (Fsp3) is 0.880. The maximum atomic E-state index is 12.7. The predicted molar refractivity (Wildman–Crippen MR) is 147 cm³/mol. The quantitative estimate of drug-likeness (QED) is 0.0892. The molecule has 12 atom stereocenters. The molecule has 2 aliphatic heterocycles. The van der Waals surface area contributed by atoms with Crippen LogP contribution in [0.5, 0.6) is 0 Å². The summed E-state index contributed by atoms with van der Waals surface area (Å²) in [4.78, 5) is 12.7. The highest BCUT2D eigenvalue weighted by atomic mass is 16.7. The number of carbonyl (C=O) groups is 1. The van der Waals surface area contributed by atoms with Crippen LogP contribution in [0.2, 0.25) is 0 Å². The number of likely N-dealkylation sites (N-methyl/N-ethyl adjacent to an activating group) is 1. The van der Waals surface area contributed by atoms with Crippen LogP contribution < -0.4 is 38.9 Å². The van der Waals surface area contributed by atoms with Crippen molar-refractivity contribution in [3.63, 3.8) is 0 Å². The molecule has 238 valence electrons. The van der Waals surface area contributed by atoms with Crippen molar-refractivity contribution in [2.24, 2.45) is 22.9 Å². The van der Waals surface area contributed by atoms with Gasteiger partial charge in [0.2, 0.25) is 12.2 Å². The maximum absolute atomic E-state index is 12.7. The Labute approximate surface area is 240 Å². The molecule has 0 spiro atoms. The number of amides is 1. The van der Waals surface area contributed by atoms with E-state index in [1.54, 1.807) is 7.05 Å². The molecule has 41 heavy (non-hydrogen) atoms. The normalized spacial score (nSPS) is 40.4. The average molecular weight is 592 g/mol. The molecule has 0 aromatic rings. The lowest BCUT2D eigenvalue weighted by atomic mass is 9.83. The first-order valence-corrected chi connectivity index (χ1v) is 14.1. The van der Waals surface area contributed by atoms with Crippen molar-refractivity contribution in [3.05, 3.63) is 11.8 Å². The topological polar surface area (TPSA) is 275 Å². The monoisotopic (exact) mass is 591 g/mol. The Hall–Kier alpha value is -1.51. The van der Waals surface area contributed by atoms with Crippen LogP contribution in [0.1, 0.15) is 26.2 Å². The summed E-state index contributed by atoms with van der Waals surface area (Å²) in [5.74, 6) is -0.105. The SMILES string of the molecule is CN[C@@H]1[C@@H](O)[C@@H](O[C@@H]2[C@@H](O)[C@H](O[C@H]3OC(CNCCN)=CC[C@H]3N)[C@@H](N)C[C@H]2NC(=O)[C@@H](O)CCN)OC[C@]1(C)O. The van der Waals surface area contributed by atoms with Crippen LogP contribution >= 0.6 is 0 Å². The van der Waals surface area contributed by atoms with Crippen molar-refractivity contribution in [2.75, 3.05) is 39.8 Å². The first-order valence-electron chi connectivity index (χ1n) is 14.1. The smallest absolute Gasteiger partial charge is 0.249 e. The Kier molecular flexibility index (Phi) is 12.7. The van der Waals surface area contributed by atoms with Gasteiger partial charge in [0.25, 0.3) is 0 Å². The maximum Gasteiger partial charge on any atom is 0.249 e. The van der Waals surface area contributed by atoms with E-state index in [9.17, 15) is 25.2 Å². The Morgan fingerprint density at radius 2 is 1.85 bits per heavy atom. The lowest BCUT2D eigenvalue weighted by Crippen LogP contribution is -2.69. The molecule has 2 fully saturated rings. The van der Waals surface area contributed by atoms with E-state index in [1.165, 1.54) is 6.92 Å². The zero-order chi connectivity index (χ0) is 30.3. The first kappa shape index (κ1) is 34.0. The molecule has 3 aliphatic rings. The highest BCUT2D eigenvalue weighted by Crippen LogP contribution is 2.32. The summed E-state index contributed by atoms with van der Waals surface area (Å²) in [5.41, 5.74) is 22.3. The molecule has 16 nitrogen and oxygen atoms in total. The predicted octanol–water partition coefficient (Wildman–Crippen LogP) is -5.39. The number of hydrogen-bond acceptors (Lipinski definition) is 15. The van der Waals surface area contributed by atoms with Gasteiger partial charge < -0.3 is 78.3 Å². The summed E-state index contributed by atoms with van der Waals surface area (Å²) in [5, 5.41) is 51.9. The van der Waals surface area contributed by atoms with Crippen LogP contribution in [-0.2, 0) is 23.7 Å².